The number of aryl methyl sites for hydroxylation is 2. The van der Waals surface area contributed by atoms with Crippen molar-refractivity contribution in [3.8, 4) is 6.07 Å². The molecule has 0 N–H and O–H groups in total. The van der Waals surface area contributed by atoms with Gasteiger partial charge in [-0.15, -0.1) is 10.2 Å². The lowest BCUT2D eigenvalue weighted by Gasteiger charge is -2.19. The van der Waals surface area contributed by atoms with E-state index in [0.717, 1.165) is 28.2 Å². The lowest BCUT2D eigenvalue weighted by Crippen LogP contribution is -2.68. The first-order chi connectivity index (χ1) is 10.7. The van der Waals surface area contributed by atoms with Crippen molar-refractivity contribution in [2.75, 3.05) is 0 Å². The highest BCUT2D eigenvalue weighted by molar-refractivity contribution is 8.00. The van der Waals surface area contributed by atoms with Crippen molar-refractivity contribution in [2.45, 2.75) is 49.4 Å². The van der Waals surface area contributed by atoms with Crippen LogP contribution < -0.4 is 23.2 Å². The van der Waals surface area contributed by atoms with Gasteiger partial charge in [-0.2, -0.15) is 9.83 Å². The van der Waals surface area contributed by atoms with Crippen LogP contribution in [0.1, 0.15) is 42.1 Å². The largest absolute Gasteiger partial charge is 0.259 e. The van der Waals surface area contributed by atoms with Crippen molar-refractivity contribution in [2.24, 2.45) is 11.8 Å². The van der Waals surface area contributed by atoms with Crippen molar-refractivity contribution in [1.29, 1.82) is 5.26 Å². The summed E-state index contributed by atoms with van der Waals surface area (Å²) in [5.74, 6) is 1.77. The number of hydrogen-bond acceptors (Lipinski definition) is 6. The van der Waals surface area contributed by atoms with Gasteiger partial charge >= 0.3 is 0 Å². The number of nitriles is 1. The molecular weight excluding hydrogens is 340 g/mol. The summed E-state index contributed by atoms with van der Waals surface area (Å²) in [5, 5.41) is 11.4. The van der Waals surface area contributed by atoms with E-state index >= 15 is 0 Å². The van der Waals surface area contributed by atoms with Crippen molar-refractivity contribution < 1.29 is 33.4 Å². The number of halogens is 1. The maximum atomic E-state index is 9.41. The first-order valence-electron chi connectivity index (χ1n) is 7.45. The first kappa shape index (κ1) is 17.0. The Morgan fingerprint density at radius 1 is 1.22 bits per heavy atom. The fraction of sp³-hybridized carbons (Fsp3) is 0.600. The van der Waals surface area contributed by atoms with Crippen LogP contribution in [0.25, 0.3) is 0 Å². The minimum absolute atomic E-state index is 0.677. The molecule has 124 valence electrons. The summed E-state index contributed by atoms with van der Waals surface area (Å²) in [6.45, 7) is 4.27. The van der Waals surface area contributed by atoms with Gasteiger partial charge in [0.25, 0.3) is 5.03 Å². The fourth-order valence-corrected chi connectivity index (χ4v) is 6.27. The third-order valence-electron chi connectivity index (χ3n) is 5.09. The molecular formula is C15H17ClN2O4S. The fourth-order valence-electron chi connectivity index (χ4n) is 4.39. The number of rotatable bonds is 0. The van der Waals surface area contributed by atoms with Gasteiger partial charge in [0.05, 0.1) is 5.25 Å². The van der Waals surface area contributed by atoms with Crippen LogP contribution in [0, 0.1) is 47.3 Å². The zero-order valence-electron chi connectivity index (χ0n) is 12.8. The van der Waals surface area contributed by atoms with Gasteiger partial charge < -0.3 is 0 Å². The van der Waals surface area contributed by atoms with Gasteiger partial charge in [0.1, 0.15) is 11.6 Å². The second kappa shape index (κ2) is 5.88. The van der Waals surface area contributed by atoms with Crippen LogP contribution in [0.3, 0.4) is 0 Å². The van der Waals surface area contributed by atoms with Crippen LogP contribution in [-0.2, 0) is 0 Å². The molecule has 0 amide bonds. The Balaban J connectivity index is 0.000000276. The Morgan fingerprint density at radius 3 is 2.43 bits per heavy atom. The SMILES string of the molecule is Cc1cc(C)[n+]2c(c1C#N)S[C@@H]1[C@H]3CC[C@H](C3)[C@@H]12.[O-][Cl+3]([O-])([O-])[O-]. The van der Waals surface area contributed by atoms with Gasteiger partial charge in [0, 0.05) is 18.9 Å². The Morgan fingerprint density at radius 2 is 1.83 bits per heavy atom. The first-order valence-corrected chi connectivity index (χ1v) is 9.56. The summed E-state index contributed by atoms with van der Waals surface area (Å²) < 4.78 is 36.5. The highest BCUT2D eigenvalue weighted by Gasteiger charge is 2.59. The van der Waals surface area contributed by atoms with Gasteiger partial charge in [0.2, 0.25) is 0 Å². The van der Waals surface area contributed by atoms with E-state index in [2.05, 4.69) is 30.6 Å². The van der Waals surface area contributed by atoms with E-state index in [1.165, 1.54) is 30.0 Å². The third-order valence-corrected chi connectivity index (χ3v) is 6.65. The lowest BCUT2D eigenvalue weighted by molar-refractivity contribution is -2.00. The standard InChI is InChI=1S/C15H17N2S.ClHO4/c1-8-5-9(2)17-13-10-3-4-11(6-10)14(13)18-15(17)12(8)7-16;2-1(3,4)5/h5,10-11,13-14H,3-4,6H2,1-2H3;(H,2,3,4,5)/q+1;/p-1/t10-,11+,13+,14-;/m1./s1. The van der Waals surface area contributed by atoms with E-state index in [9.17, 15) is 5.26 Å². The van der Waals surface area contributed by atoms with E-state index in [1.54, 1.807) is 0 Å². The topological polar surface area (TPSA) is 120 Å². The number of hydrogen-bond donors (Lipinski definition) is 0. The summed E-state index contributed by atoms with van der Waals surface area (Å²) in [6.07, 6.45) is 4.23. The monoisotopic (exact) mass is 356 g/mol. The van der Waals surface area contributed by atoms with Crippen LogP contribution in [0.4, 0.5) is 0 Å². The molecule has 2 aliphatic carbocycles. The van der Waals surface area contributed by atoms with Crippen molar-refractivity contribution in [3.05, 3.63) is 22.9 Å². The summed E-state index contributed by atoms with van der Waals surface area (Å²) in [6, 6.07) is 5.29. The molecule has 8 heteroatoms. The average Bonchev–Trinajstić information content (AvgIpc) is 3.07. The van der Waals surface area contributed by atoms with Crippen molar-refractivity contribution >= 4 is 11.8 Å². The maximum absolute atomic E-state index is 9.41. The molecule has 0 aromatic carbocycles. The molecule has 4 atom stereocenters. The number of pyridine rings is 1. The second-order valence-electron chi connectivity index (χ2n) is 6.41. The molecule has 2 fully saturated rings. The summed E-state index contributed by atoms with van der Waals surface area (Å²) in [7, 11) is -4.94. The Hall–Kier alpha value is -0.880. The summed E-state index contributed by atoms with van der Waals surface area (Å²) >= 11 is 1.99. The average molecular weight is 357 g/mol. The minimum atomic E-state index is -4.94. The van der Waals surface area contributed by atoms with E-state index in [-0.39, 0.29) is 0 Å². The Labute approximate surface area is 141 Å². The van der Waals surface area contributed by atoms with E-state index < -0.39 is 10.2 Å². The molecule has 6 nitrogen and oxygen atoms in total. The summed E-state index contributed by atoms with van der Waals surface area (Å²) in [5.41, 5.74) is 3.40. The van der Waals surface area contributed by atoms with E-state index in [1.807, 2.05) is 11.8 Å². The molecule has 2 saturated carbocycles. The third kappa shape index (κ3) is 3.07. The Kier molecular flexibility index (Phi) is 4.34. The van der Waals surface area contributed by atoms with E-state index in [4.69, 9.17) is 18.6 Å². The van der Waals surface area contributed by atoms with Crippen molar-refractivity contribution in [1.82, 2.24) is 0 Å². The normalized spacial score (nSPS) is 30.3. The quantitative estimate of drug-likeness (QED) is 0.503. The molecule has 0 unspecified atom stereocenters. The van der Waals surface area contributed by atoms with Gasteiger partial charge in [-0.3, -0.25) is 0 Å². The number of fused-ring (bicyclic) bond motifs is 7. The van der Waals surface area contributed by atoms with Crippen LogP contribution in [0.5, 0.6) is 0 Å². The maximum Gasteiger partial charge on any atom is 0.259 e. The van der Waals surface area contributed by atoms with Gasteiger partial charge in [-0.05, 0) is 49.4 Å². The predicted octanol–water partition coefficient (Wildman–Crippen LogP) is -1.85. The summed E-state index contributed by atoms with van der Waals surface area (Å²) in [4.78, 5) is 0. The lowest BCUT2D eigenvalue weighted by atomic mass is 9.94. The van der Waals surface area contributed by atoms with Crippen LogP contribution in [-0.4, -0.2) is 5.25 Å². The predicted molar refractivity (Wildman–Crippen MR) is 70.3 cm³/mol. The zero-order valence-corrected chi connectivity index (χ0v) is 14.4. The number of nitrogens with zero attached hydrogens (tertiary/aromatic N) is 2. The molecule has 2 heterocycles. The molecule has 1 aromatic heterocycles. The zero-order chi connectivity index (χ0) is 16.9. The van der Waals surface area contributed by atoms with Crippen LogP contribution in [0.15, 0.2) is 11.1 Å². The molecule has 0 saturated heterocycles. The van der Waals surface area contributed by atoms with Crippen molar-refractivity contribution in [3.63, 3.8) is 0 Å². The molecule has 23 heavy (non-hydrogen) atoms. The highest BCUT2D eigenvalue weighted by Crippen LogP contribution is 2.58. The van der Waals surface area contributed by atoms with Gasteiger partial charge in [-0.1, -0.05) is 0 Å². The van der Waals surface area contributed by atoms with Gasteiger partial charge in [0.15, 0.2) is 11.7 Å². The van der Waals surface area contributed by atoms with E-state index in [0.29, 0.717) is 6.04 Å². The molecule has 0 radical (unpaired) electrons. The molecule has 2 bridgehead atoms. The number of aromatic nitrogens is 1. The molecule has 1 aromatic rings. The minimum Gasteiger partial charge on any atom is -0.222 e. The molecule has 0 spiro atoms. The van der Waals surface area contributed by atoms with Crippen LogP contribution >= 0.6 is 11.8 Å². The Bertz CT molecular complexity index is 680. The molecule has 1 aliphatic heterocycles. The van der Waals surface area contributed by atoms with Crippen LogP contribution in [0.2, 0.25) is 0 Å². The second-order valence-corrected chi connectivity index (χ2v) is 8.34. The molecule has 3 aliphatic rings. The smallest absolute Gasteiger partial charge is 0.222 e. The number of thioether (sulfide) groups is 1. The highest BCUT2D eigenvalue weighted by atomic mass is 35.7. The van der Waals surface area contributed by atoms with Gasteiger partial charge in [-0.25, -0.2) is 18.6 Å². The molecule has 4 rings (SSSR count).